The van der Waals surface area contributed by atoms with Crippen LogP contribution >= 0.6 is 0 Å². The molecular weight excluding hydrogens is 262 g/mol. The molecule has 0 aliphatic rings. The Morgan fingerprint density at radius 3 is 2.40 bits per heavy atom. The van der Waals surface area contributed by atoms with E-state index in [1.165, 1.54) is 6.08 Å². The van der Waals surface area contributed by atoms with Crippen molar-refractivity contribution in [3.8, 4) is 0 Å². The van der Waals surface area contributed by atoms with Crippen molar-refractivity contribution in [1.29, 1.82) is 0 Å². The number of hydrogen-bond donors (Lipinski definition) is 5. The van der Waals surface area contributed by atoms with Crippen molar-refractivity contribution in [2.45, 2.75) is 44.9 Å². The number of hydrogen-bond acceptors (Lipinski definition) is 5. The summed E-state index contributed by atoms with van der Waals surface area (Å²) >= 11 is 0. The molecule has 0 aromatic rings. The molecule has 3 unspecified atom stereocenters. The van der Waals surface area contributed by atoms with Crippen LogP contribution in [0.25, 0.3) is 0 Å². The molecule has 3 atom stereocenters. The van der Waals surface area contributed by atoms with Crippen molar-refractivity contribution in [3.05, 3.63) is 12.2 Å². The summed E-state index contributed by atoms with van der Waals surface area (Å²) in [6.07, 6.45) is 2.19. The molecule has 20 heavy (non-hydrogen) atoms. The van der Waals surface area contributed by atoms with Crippen LogP contribution in [-0.4, -0.2) is 46.8 Å². The van der Waals surface area contributed by atoms with Crippen LogP contribution < -0.4 is 16.8 Å². The molecule has 0 aromatic carbocycles. The summed E-state index contributed by atoms with van der Waals surface area (Å²) in [6.45, 7) is 4.03. The van der Waals surface area contributed by atoms with Crippen LogP contribution in [0.4, 0.5) is 0 Å². The van der Waals surface area contributed by atoms with Gasteiger partial charge in [-0.15, -0.1) is 0 Å². The number of aliphatic hydroxyl groups excluding tert-OH is 1. The van der Waals surface area contributed by atoms with Crippen molar-refractivity contribution in [2.24, 2.45) is 17.4 Å². The molecule has 0 heterocycles. The minimum Gasteiger partial charge on any atom is -0.478 e. The summed E-state index contributed by atoms with van der Waals surface area (Å²) in [4.78, 5) is 22.4. The van der Waals surface area contributed by atoms with E-state index >= 15 is 0 Å². The first-order valence-electron chi connectivity index (χ1n) is 6.63. The van der Waals surface area contributed by atoms with Crippen molar-refractivity contribution >= 4 is 11.9 Å². The van der Waals surface area contributed by atoms with E-state index in [9.17, 15) is 14.7 Å². The Bertz CT molecular complexity index is 345. The second kappa shape index (κ2) is 9.46. The SMILES string of the molecule is CC(C)C(/C=C/C(=O)O)NC(=O)C(N)CC(O)CCN. The van der Waals surface area contributed by atoms with Crippen LogP contribution in [0.3, 0.4) is 0 Å². The van der Waals surface area contributed by atoms with E-state index in [-0.39, 0.29) is 12.3 Å². The van der Waals surface area contributed by atoms with Crippen LogP contribution in [0, 0.1) is 5.92 Å². The van der Waals surface area contributed by atoms with E-state index in [0.29, 0.717) is 13.0 Å². The molecular formula is C13H25N3O4. The summed E-state index contributed by atoms with van der Waals surface area (Å²) in [5.74, 6) is -1.47. The zero-order chi connectivity index (χ0) is 15.7. The molecule has 0 saturated carbocycles. The van der Waals surface area contributed by atoms with E-state index in [4.69, 9.17) is 16.6 Å². The van der Waals surface area contributed by atoms with Crippen molar-refractivity contribution in [3.63, 3.8) is 0 Å². The minimum atomic E-state index is -1.08. The first-order valence-corrected chi connectivity index (χ1v) is 6.63. The highest BCUT2D eigenvalue weighted by Crippen LogP contribution is 2.06. The molecule has 7 nitrogen and oxygen atoms in total. The summed E-state index contributed by atoms with van der Waals surface area (Å²) in [5.41, 5.74) is 11.0. The molecule has 0 spiro atoms. The fourth-order valence-corrected chi connectivity index (χ4v) is 1.60. The predicted molar refractivity (Wildman–Crippen MR) is 75.8 cm³/mol. The maximum Gasteiger partial charge on any atom is 0.328 e. The summed E-state index contributed by atoms with van der Waals surface area (Å²) in [6, 6.07) is -1.27. The number of nitrogens with two attached hydrogens (primary N) is 2. The minimum absolute atomic E-state index is 0.0238. The lowest BCUT2D eigenvalue weighted by atomic mass is 10.0. The van der Waals surface area contributed by atoms with Gasteiger partial charge in [-0.3, -0.25) is 4.79 Å². The van der Waals surface area contributed by atoms with E-state index in [1.807, 2.05) is 13.8 Å². The zero-order valence-corrected chi connectivity index (χ0v) is 12.0. The van der Waals surface area contributed by atoms with E-state index in [0.717, 1.165) is 6.08 Å². The number of amides is 1. The lowest BCUT2D eigenvalue weighted by Gasteiger charge is -2.22. The molecule has 0 radical (unpaired) electrons. The normalized spacial score (nSPS) is 16.1. The fourth-order valence-electron chi connectivity index (χ4n) is 1.60. The third-order valence-corrected chi connectivity index (χ3v) is 2.84. The first kappa shape index (κ1) is 18.6. The summed E-state index contributed by atoms with van der Waals surface area (Å²) in [7, 11) is 0. The van der Waals surface area contributed by atoms with Crippen LogP contribution in [0.15, 0.2) is 12.2 Å². The second-order valence-electron chi connectivity index (χ2n) is 5.05. The Morgan fingerprint density at radius 2 is 1.95 bits per heavy atom. The Kier molecular flexibility index (Phi) is 8.78. The number of aliphatic carboxylic acids is 1. The van der Waals surface area contributed by atoms with Crippen LogP contribution in [0.1, 0.15) is 26.7 Å². The first-order chi connectivity index (χ1) is 9.27. The Hall–Kier alpha value is -1.44. The topological polar surface area (TPSA) is 139 Å². The molecule has 116 valence electrons. The number of carboxylic acid groups (broad SMARTS) is 1. The van der Waals surface area contributed by atoms with Gasteiger partial charge >= 0.3 is 5.97 Å². The number of aliphatic hydroxyl groups is 1. The van der Waals surface area contributed by atoms with Crippen LogP contribution in [0.2, 0.25) is 0 Å². The summed E-state index contributed by atoms with van der Waals surface area (Å²) < 4.78 is 0. The third kappa shape index (κ3) is 7.88. The van der Waals surface area contributed by atoms with Gasteiger partial charge in [-0.1, -0.05) is 19.9 Å². The average Bonchev–Trinajstić information content (AvgIpc) is 2.33. The Labute approximate surface area is 119 Å². The molecule has 0 rings (SSSR count). The van der Waals surface area contributed by atoms with E-state index < -0.39 is 30.1 Å². The maximum absolute atomic E-state index is 11.9. The number of carbonyl (C=O) groups is 2. The fraction of sp³-hybridized carbons (Fsp3) is 0.692. The number of carbonyl (C=O) groups excluding carboxylic acids is 1. The van der Waals surface area contributed by atoms with Gasteiger partial charge in [-0.25, -0.2) is 4.79 Å². The van der Waals surface area contributed by atoms with Gasteiger partial charge in [-0.2, -0.15) is 0 Å². The highest BCUT2D eigenvalue weighted by molar-refractivity contribution is 5.83. The van der Waals surface area contributed by atoms with Gasteiger partial charge in [0, 0.05) is 12.1 Å². The summed E-state index contributed by atoms with van der Waals surface area (Å²) in [5, 5.41) is 20.8. The number of rotatable bonds is 9. The molecule has 0 aromatic heterocycles. The van der Waals surface area contributed by atoms with Crippen LogP contribution in [0.5, 0.6) is 0 Å². The lowest BCUT2D eigenvalue weighted by molar-refractivity contribution is -0.131. The van der Waals surface area contributed by atoms with Crippen molar-refractivity contribution in [2.75, 3.05) is 6.54 Å². The van der Waals surface area contributed by atoms with Gasteiger partial charge < -0.3 is 27.0 Å². The number of nitrogens with one attached hydrogen (secondary N) is 1. The monoisotopic (exact) mass is 287 g/mol. The molecule has 0 fully saturated rings. The molecule has 0 bridgehead atoms. The van der Waals surface area contributed by atoms with E-state index in [1.54, 1.807) is 0 Å². The highest BCUT2D eigenvalue weighted by atomic mass is 16.4. The van der Waals surface area contributed by atoms with Gasteiger partial charge in [0.05, 0.1) is 12.1 Å². The third-order valence-electron chi connectivity index (χ3n) is 2.84. The number of carboxylic acids is 1. The van der Waals surface area contributed by atoms with Gasteiger partial charge in [0.1, 0.15) is 0 Å². The largest absolute Gasteiger partial charge is 0.478 e. The van der Waals surface area contributed by atoms with Gasteiger partial charge in [0.25, 0.3) is 0 Å². The predicted octanol–water partition coefficient (Wildman–Crippen LogP) is -0.805. The highest BCUT2D eigenvalue weighted by Gasteiger charge is 2.21. The lowest BCUT2D eigenvalue weighted by Crippen LogP contribution is -2.47. The quantitative estimate of drug-likeness (QED) is 0.352. The molecule has 0 saturated heterocycles. The molecule has 7 N–H and O–H groups in total. The molecule has 0 aliphatic carbocycles. The zero-order valence-electron chi connectivity index (χ0n) is 12.0. The van der Waals surface area contributed by atoms with Gasteiger partial charge in [0.2, 0.25) is 5.91 Å². The molecule has 0 aliphatic heterocycles. The smallest absolute Gasteiger partial charge is 0.328 e. The van der Waals surface area contributed by atoms with Crippen molar-refractivity contribution < 1.29 is 19.8 Å². The second-order valence-corrected chi connectivity index (χ2v) is 5.05. The maximum atomic E-state index is 11.9. The molecule has 7 heteroatoms. The van der Waals surface area contributed by atoms with Gasteiger partial charge in [0.15, 0.2) is 0 Å². The van der Waals surface area contributed by atoms with Gasteiger partial charge in [-0.05, 0) is 25.3 Å². The standard InChI is InChI=1S/C13H25N3O4/c1-8(2)11(3-4-12(18)19)16-13(20)10(15)7-9(17)5-6-14/h3-4,8-11,17H,5-7,14-15H2,1-2H3,(H,16,20)(H,18,19)/b4-3+. The van der Waals surface area contributed by atoms with E-state index in [2.05, 4.69) is 5.32 Å². The van der Waals surface area contributed by atoms with Crippen LogP contribution in [-0.2, 0) is 9.59 Å². The average molecular weight is 287 g/mol. The Morgan fingerprint density at radius 1 is 1.35 bits per heavy atom. The molecule has 1 amide bonds. The Balaban J connectivity index is 4.48. The van der Waals surface area contributed by atoms with Crippen molar-refractivity contribution in [1.82, 2.24) is 5.32 Å².